The van der Waals surface area contributed by atoms with Gasteiger partial charge in [0.25, 0.3) is 0 Å². The molecule has 1 fully saturated rings. The van der Waals surface area contributed by atoms with Crippen molar-refractivity contribution in [3.63, 3.8) is 0 Å². The normalized spacial score (nSPS) is 17.5. The van der Waals surface area contributed by atoms with Crippen LogP contribution in [0.2, 0.25) is 0 Å². The summed E-state index contributed by atoms with van der Waals surface area (Å²) in [5.74, 6) is 1.59. The largest absolute Gasteiger partial charge is 0.313 e. The quantitative estimate of drug-likeness (QED) is 0.682. The van der Waals surface area contributed by atoms with Gasteiger partial charge in [-0.2, -0.15) is 0 Å². The van der Waals surface area contributed by atoms with Crippen molar-refractivity contribution < 1.29 is 0 Å². The highest BCUT2D eigenvalue weighted by molar-refractivity contribution is 4.77. The lowest BCUT2D eigenvalue weighted by atomic mass is 9.95. The van der Waals surface area contributed by atoms with E-state index < -0.39 is 0 Å². The fourth-order valence-electron chi connectivity index (χ4n) is 3.37. The molecular weight excluding hydrogens is 232 g/mol. The average molecular weight is 268 g/mol. The number of likely N-dealkylation sites (N-methyl/N-ethyl adjacent to an activating group) is 1. The first-order valence-corrected chi connectivity index (χ1v) is 8.42. The van der Waals surface area contributed by atoms with Crippen molar-refractivity contribution >= 4 is 0 Å². The lowest BCUT2D eigenvalue weighted by Gasteiger charge is -2.27. The molecule has 0 aromatic heterocycles. The minimum atomic E-state index is 0.706. The molecular formula is C17H36N2. The van der Waals surface area contributed by atoms with Gasteiger partial charge in [0.1, 0.15) is 0 Å². The summed E-state index contributed by atoms with van der Waals surface area (Å²) in [6.07, 6.45) is 8.32. The van der Waals surface area contributed by atoms with Crippen LogP contribution in [0.3, 0.4) is 0 Å². The summed E-state index contributed by atoms with van der Waals surface area (Å²) < 4.78 is 0. The zero-order valence-electron chi connectivity index (χ0n) is 13.9. The van der Waals surface area contributed by atoms with Gasteiger partial charge in [0.15, 0.2) is 0 Å². The van der Waals surface area contributed by atoms with Gasteiger partial charge in [-0.15, -0.1) is 0 Å². The molecule has 0 amide bonds. The van der Waals surface area contributed by atoms with Gasteiger partial charge in [-0.1, -0.05) is 40.5 Å². The molecule has 1 rings (SSSR count). The van der Waals surface area contributed by atoms with E-state index in [0.717, 1.165) is 24.4 Å². The van der Waals surface area contributed by atoms with Crippen LogP contribution in [0.4, 0.5) is 0 Å². The van der Waals surface area contributed by atoms with Crippen molar-refractivity contribution in [3.05, 3.63) is 0 Å². The van der Waals surface area contributed by atoms with Gasteiger partial charge in [0, 0.05) is 25.2 Å². The number of hydrogen-bond donors (Lipinski definition) is 1. The number of nitrogens with one attached hydrogen (secondary N) is 1. The lowest BCUT2D eigenvalue weighted by molar-refractivity contribution is 0.236. The van der Waals surface area contributed by atoms with Gasteiger partial charge in [0.05, 0.1) is 0 Å². The summed E-state index contributed by atoms with van der Waals surface area (Å²) in [5, 5.41) is 3.80. The molecule has 0 unspecified atom stereocenters. The lowest BCUT2D eigenvalue weighted by Crippen LogP contribution is -2.40. The maximum absolute atomic E-state index is 3.80. The van der Waals surface area contributed by atoms with E-state index in [1.54, 1.807) is 0 Å². The Morgan fingerprint density at radius 2 is 1.53 bits per heavy atom. The summed E-state index contributed by atoms with van der Waals surface area (Å²) in [4.78, 5) is 2.57. The van der Waals surface area contributed by atoms with Crippen LogP contribution in [0.25, 0.3) is 0 Å². The topological polar surface area (TPSA) is 15.3 Å². The maximum atomic E-state index is 3.80. The summed E-state index contributed by atoms with van der Waals surface area (Å²) in [7, 11) is 2.30. The second-order valence-corrected chi connectivity index (χ2v) is 7.33. The van der Waals surface area contributed by atoms with Gasteiger partial charge in [-0.25, -0.2) is 0 Å². The molecule has 0 spiro atoms. The Kier molecular flexibility index (Phi) is 8.01. The average Bonchev–Trinajstić information content (AvgIpc) is 2.80. The molecule has 1 saturated carbocycles. The van der Waals surface area contributed by atoms with Crippen LogP contribution in [0.15, 0.2) is 0 Å². The molecule has 0 aromatic rings. The first-order chi connectivity index (χ1) is 8.99. The second-order valence-electron chi connectivity index (χ2n) is 7.33. The highest BCUT2D eigenvalue weighted by atomic mass is 15.1. The SMILES string of the molecule is CC(C)CC(CC(C)C)NCCN(C)C1CCCC1. The summed E-state index contributed by atoms with van der Waals surface area (Å²) in [6.45, 7) is 11.7. The molecule has 0 radical (unpaired) electrons. The van der Waals surface area contributed by atoms with Crippen molar-refractivity contribution in [2.24, 2.45) is 11.8 Å². The van der Waals surface area contributed by atoms with Crippen molar-refractivity contribution in [3.8, 4) is 0 Å². The third kappa shape index (κ3) is 7.31. The van der Waals surface area contributed by atoms with Crippen molar-refractivity contribution in [2.45, 2.75) is 78.3 Å². The van der Waals surface area contributed by atoms with E-state index >= 15 is 0 Å². The molecule has 1 aliphatic rings. The van der Waals surface area contributed by atoms with Crippen LogP contribution < -0.4 is 5.32 Å². The second kappa shape index (κ2) is 8.97. The Hall–Kier alpha value is -0.0800. The maximum Gasteiger partial charge on any atom is 0.0107 e. The Labute approximate surface area is 121 Å². The summed E-state index contributed by atoms with van der Waals surface area (Å²) in [5.41, 5.74) is 0. The predicted octanol–water partition coefficient (Wildman–Crippen LogP) is 3.91. The first kappa shape index (κ1) is 17.0. The Morgan fingerprint density at radius 1 is 1.00 bits per heavy atom. The van der Waals surface area contributed by atoms with Gasteiger partial charge in [0.2, 0.25) is 0 Å². The van der Waals surface area contributed by atoms with E-state index in [2.05, 4.69) is 45.0 Å². The number of hydrogen-bond acceptors (Lipinski definition) is 2. The van der Waals surface area contributed by atoms with E-state index in [9.17, 15) is 0 Å². The van der Waals surface area contributed by atoms with Gasteiger partial charge < -0.3 is 10.2 Å². The molecule has 0 heterocycles. The van der Waals surface area contributed by atoms with Gasteiger partial charge in [-0.3, -0.25) is 0 Å². The molecule has 0 aliphatic heterocycles. The molecule has 0 bridgehead atoms. The fraction of sp³-hybridized carbons (Fsp3) is 1.00. The highest BCUT2D eigenvalue weighted by Gasteiger charge is 2.19. The Balaban J connectivity index is 2.22. The van der Waals surface area contributed by atoms with Crippen LogP contribution in [-0.2, 0) is 0 Å². The molecule has 2 heteroatoms. The Morgan fingerprint density at radius 3 is 2.00 bits per heavy atom. The Bertz CT molecular complexity index is 209. The molecule has 1 aliphatic carbocycles. The van der Waals surface area contributed by atoms with Crippen LogP contribution in [-0.4, -0.2) is 37.1 Å². The third-order valence-corrected chi connectivity index (χ3v) is 4.36. The highest BCUT2D eigenvalue weighted by Crippen LogP contribution is 2.22. The first-order valence-electron chi connectivity index (χ1n) is 8.42. The van der Waals surface area contributed by atoms with Crippen molar-refractivity contribution in [1.29, 1.82) is 0 Å². The third-order valence-electron chi connectivity index (χ3n) is 4.36. The van der Waals surface area contributed by atoms with Crippen molar-refractivity contribution in [2.75, 3.05) is 20.1 Å². The smallest absolute Gasteiger partial charge is 0.0107 e. The zero-order valence-corrected chi connectivity index (χ0v) is 13.9. The molecule has 19 heavy (non-hydrogen) atoms. The molecule has 0 atom stereocenters. The fourth-order valence-corrected chi connectivity index (χ4v) is 3.37. The molecule has 114 valence electrons. The molecule has 1 N–H and O–H groups in total. The van der Waals surface area contributed by atoms with Crippen LogP contribution in [0.1, 0.15) is 66.2 Å². The van der Waals surface area contributed by atoms with Gasteiger partial charge >= 0.3 is 0 Å². The van der Waals surface area contributed by atoms with Crippen LogP contribution in [0, 0.1) is 11.8 Å². The van der Waals surface area contributed by atoms with E-state index in [4.69, 9.17) is 0 Å². The summed E-state index contributed by atoms with van der Waals surface area (Å²) in [6, 6.07) is 1.56. The molecule has 0 aromatic carbocycles. The van der Waals surface area contributed by atoms with Crippen molar-refractivity contribution in [1.82, 2.24) is 10.2 Å². The summed E-state index contributed by atoms with van der Waals surface area (Å²) >= 11 is 0. The molecule has 0 saturated heterocycles. The van der Waals surface area contributed by atoms with E-state index in [1.807, 2.05) is 0 Å². The zero-order chi connectivity index (χ0) is 14.3. The standard InChI is InChI=1S/C17H36N2/c1-14(2)12-16(13-15(3)4)18-10-11-19(5)17-8-6-7-9-17/h14-18H,6-13H2,1-5H3. The van der Waals surface area contributed by atoms with E-state index in [0.29, 0.717) is 6.04 Å². The number of rotatable bonds is 9. The number of nitrogens with zero attached hydrogens (tertiary/aromatic N) is 1. The monoisotopic (exact) mass is 268 g/mol. The van der Waals surface area contributed by atoms with Crippen LogP contribution >= 0.6 is 0 Å². The van der Waals surface area contributed by atoms with E-state index in [1.165, 1.54) is 45.1 Å². The van der Waals surface area contributed by atoms with Gasteiger partial charge in [-0.05, 0) is 44.6 Å². The predicted molar refractivity (Wildman–Crippen MR) is 85.6 cm³/mol. The minimum absolute atomic E-state index is 0.706. The van der Waals surface area contributed by atoms with E-state index in [-0.39, 0.29) is 0 Å². The minimum Gasteiger partial charge on any atom is -0.313 e. The molecule has 2 nitrogen and oxygen atoms in total. The van der Waals surface area contributed by atoms with Crippen LogP contribution in [0.5, 0.6) is 0 Å².